The number of nitrogens with two attached hydrogens (primary N) is 1. The summed E-state index contributed by atoms with van der Waals surface area (Å²) < 4.78 is 5.75. The lowest BCUT2D eigenvalue weighted by molar-refractivity contribution is -0.136. The lowest BCUT2D eigenvalue weighted by Crippen LogP contribution is -2.05. The molecule has 4 nitrogen and oxygen atoms in total. The van der Waals surface area contributed by atoms with Crippen molar-refractivity contribution in [3.8, 4) is 5.75 Å². The van der Waals surface area contributed by atoms with Crippen LogP contribution in [0.4, 0.5) is 0 Å². The van der Waals surface area contributed by atoms with Gasteiger partial charge in [0.25, 0.3) is 0 Å². The predicted octanol–water partition coefficient (Wildman–Crippen LogP) is 2.35. The Morgan fingerprint density at radius 1 is 1.10 bits per heavy atom. The van der Waals surface area contributed by atoms with Crippen molar-refractivity contribution in [2.75, 3.05) is 0 Å². The maximum Gasteiger partial charge on any atom is 0.307 e. The van der Waals surface area contributed by atoms with Crippen LogP contribution in [0.2, 0.25) is 0 Å². The van der Waals surface area contributed by atoms with Gasteiger partial charge in [-0.15, -0.1) is 0 Å². The Bertz CT molecular complexity index is 582. The normalized spacial score (nSPS) is 10.2. The van der Waals surface area contributed by atoms with Gasteiger partial charge in [0.2, 0.25) is 0 Å². The van der Waals surface area contributed by atoms with Gasteiger partial charge in [-0.05, 0) is 17.2 Å². The first-order chi connectivity index (χ1) is 9.69. The minimum absolute atomic E-state index is 0.00797. The predicted molar refractivity (Wildman–Crippen MR) is 76.4 cm³/mol. The summed E-state index contributed by atoms with van der Waals surface area (Å²) in [5.74, 6) is -0.156. The molecular formula is C16H17NO3. The molecule has 0 saturated carbocycles. The van der Waals surface area contributed by atoms with E-state index in [4.69, 9.17) is 15.6 Å². The smallest absolute Gasteiger partial charge is 0.307 e. The largest absolute Gasteiger partial charge is 0.489 e. The second-order valence-corrected chi connectivity index (χ2v) is 4.49. The summed E-state index contributed by atoms with van der Waals surface area (Å²) in [6, 6.07) is 15.2. The highest BCUT2D eigenvalue weighted by Gasteiger charge is 2.07. The highest BCUT2D eigenvalue weighted by molar-refractivity contribution is 5.70. The summed E-state index contributed by atoms with van der Waals surface area (Å²) in [6.07, 6.45) is -0.00797. The number of carboxylic acids is 1. The van der Waals surface area contributed by atoms with Gasteiger partial charge in [-0.1, -0.05) is 42.5 Å². The Balaban J connectivity index is 2.09. The number of benzene rings is 2. The molecule has 0 amide bonds. The molecule has 0 aromatic heterocycles. The van der Waals surface area contributed by atoms with Crippen molar-refractivity contribution in [3.63, 3.8) is 0 Å². The van der Waals surface area contributed by atoms with Crippen molar-refractivity contribution in [3.05, 3.63) is 65.2 Å². The van der Waals surface area contributed by atoms with Gasteiger partial charge in [0.15, 0.2) is 0 Å². The molecule has 0 atom stereocenters. The number of hydrogen-bond donors (Lipinski definition) is 2. The van der Waals surface area contributed by atoms with Gasteiger partial charge in [-0.25, -0.2) is 0 Å². The van der Waals surface area contributed by atoms with Crippen LogP contribution in [-0.2, 0) is 24.4 Å². The molecular weight excluding hydrogens is 254 g/mol. The molecule has 2 aromatic rings. The van der Waals surface area contributed by atoms with Gasteiger partial charge in [-0.3, -0.25) is 4.79 Å². The third kappa shape index (κ3) is 3.83. The molecule has 0 unspecified atom stereocenters. The van der Waals surface area contributed by atoms with Gasteiger partial charge < -0.3 is 15.6 Å². The van der Waals surface area contributed by atoms with Crippen molar-refractivity contribution in [1.29, 1.82) is 0 Å². The van der Waals surface area contributed by atoms with E-state index in [1.807, 2.05) is 30.3 Å². The second-order valence-electron chi connectivity index (χ2n) is 4.49. The van der Waals surface area contributed by atoms with Crippen molar-refractivity contribution in [1.82, 2.24) is 0 Å². The number of rotatable bonds is 6. The molecule has 0 bridgehead atoms. The first kappa shape index (κ1) is 14.1. The minimum atomic E-state index is -0.856. The van der Waals surface area contributed by atoms with Gasteiger partial charge in [0.05, 0.1) is 6.42 Å². The van der Waals surface area contributed by atoms with E-state index in [1.165, 1.54) is 0 Å². The molecule has 0 aliphatic rings. The molecule has 3 N–H and O–H groups in total. The molecule has 0 heterocycles. The Hall–Kier alpha value is -2.33. The van der Waals surface area contributed by atoms with E-state index in [-0.39, 0.29) is 6.42 Å². The van der Waals surface area contributed by atoms with E-state index in [0.29, 0.717) is 18.9 Å². The molecule has 0 aliphatic heterocycles. The Labute approximate surface area is 117 Å². The van der Waals surface area contributed by atoms with Crippen molar-refractivity contribution >= 4 is 5.97 Å². The number of aliphatic carboxylic acids is 1. The molecule has 0 aliphatic carbocycles. The third-order valence-corrected chi connectivity index (χ3v) is 2.94. The lowest BCUT2D eigenvalue weighted by atomic mass is 10.1. The van der Waals surface area contributed by atoms with Crippen LogP contribution in [0.5, 0.6) is 5.75 Å². The minimum Gasteiger partial charge on any atom is -0.489 e. The van der Waals surface area contributed by atoms with Crippen molar-refractivity contribution in [2.24, 2.45) is 5.73 Å². The topological polar surface area (TPSA) is 72.6 Å². The maximum atomic E-state index is 10.7. The van der Waals surface area contributed by atoms with Crippen LogP contribution in [0.25, 0.3) is 0 Å². The van der Waals surface area contributed by atoms with Crippen LogP contribution in [0, 0.1) is 0 Å². The molecule has 104 valence electrons. The van der Waals surface area contributed by atoms with Crippen molar-refractivity contribution < 1.29 is 14.6 Å². The Morgan fingerprint density at radius 2 is 1.85 bits per heavy atom. The van der Waals surface area contributed by atoms with Gasteiger partial charge in [0, 0.05) is 12.1 Å². The molecule has 2 rings (SSSR count). The standard InChI is InChI=1S/C16H17NO3/c17-10-14-8-13(9-16(18)19)6-7-15(14)20-11-12-4-2-1-3-5-12/h1-8H,9-11,17H2,(H,18,19). The molecule has 0 radical (unpaired) electrons. The van der Waals surface area contributed by atoms with Crippen LogP contribution in [0.3, 0.4) is 0 Å². The van der Waals surface area contributed by atoms with Crippen LogP contribution in [0.1, 0.15) is 16.7 Å². The fraction of sp³-hybridized carbons (Fsp3) is 0.188. The first-order valence-corrected chi connectivity index (χ1v) is 6.39. The van der Waals surface area contributed by atoms with E-state index in [1.54, 1.807) is 18.2 Å². The van der Waals surface area contributed by atoms with E-state index >= 15 is 0 Å². The SMILES string of the molecule is NCc1cc(CC(=O)O)ccc1OCc1ccccc1. The average Bonchev–Trinajstić information content (AvgIpc) is 2.46. The molecule has 0 fully saturated rings. The first-order valence-electron chi connectivity index (χ1n) is 6.39. The monoisotopic (exact) mass is 271 g/mol. The number of ether oxygens (including phenoxy) is 1. The number of hydrogen-bond acceptors (Lipinski definition) is 3. The average molecular weight is 271 g/mol. The van der Waals surface area contributed by atoms with E-state index in [9.17, 15) is 4.79 Å². The van der Waals surface area contributed by atoms with Gasteiger partial charge >= 0.3 is 5.97 Å². The zero-order valence-electron chi connectivity index (χ0n) is 11.1. The van der Waals surface area contributed by atoms with Crippen LogP contribution >= 0.6 is 0 Å². The number of carbonyl (C=O) groups is 1. The summed E-state index contributed by atoms with van der Waals surface area (Å²) in [5.41, 5.74) is 8.31. The number of carboxylic acid groups (broad SMARTS) is 1. The van der Waals surface area contributed by atoms with E-state index in [0.717, 1.165) is 16.7 Å². The summed E-state index contributed by atoms with van der Waals surface area (Å²) in [6.45, 7) is 0.781. The quantitative estimate of drug-likeness (QED) is 0.846. The summed E-state index contributed by atoms with van der Waals surface area (Å²) in [5, 5.41) is 8.79. The zero-order valence-corrected chi connectivity index (χ0v) is 11.1. The maximum absolute atomic E-state index is 10.7. The molecule has 20 heavy (non-hydrogen) atoms. The zero-order chi connectivity index (χ0) is 14.4. The molecule has 2 aromatic carbocycles. The molecule has 0 saturated heterocycles. The third-order valence-electron chi connectivity index (χ3n) is 2.94. The Morgan fingerprint density at radius 3 is 2.50 bits per heavy atom. The summed E-state index contributed by atoms with van der Waals surface area (Å²) in [7, 11) is 0. The second kappa shape index (κ2) is 6.73. The highest BCUT2D eigenvalue weighted by atomic mass is 16.5. The van der Waals surface area contributed by atoms with Crippen LogP contribution in [0.15, 0.2) is 48.5 Å². The fourth-order valence-electron chi connectivity index (χ4n) is 1.95. The highest BCUT2D eigenvalue weighted by Crippen LogP contribution is 2.21. The molecule has 0 spiro atoms. The van der Waals surface area contributed by atoms with Crippen LogP contribution in [-0.4, -0.2) is 11.1 Å². The van der Waals surface area contributed by atoms with Crippen LogP contribution < -0.4 is 10.5 Å². The van der Waals surface area contributed by atoms with E-state index in [2.05, 4.69) is 0 Å². The lowest BCUT2D eigenvalue weighted by Gasteiger charge is -2.11. The Kier molecular flexibility index (Phi) is 4.74. The molecule has 4 heteroatoms. The van der Waals surface area contributed by atoms with Gasteiger partial charge in [-0.2, -0.15) is 0 Å². The summed E-state index contributed by atoms with van der Waals surface area (Å²) >= 11 is 0. The van der Waals surface area contributed by atoms with E-state index < -0.39 is 5.97 Å². The summed E-state index contributed by atoms with van der Waals surface area (Å²) in [4.78, 5) is 10.7. The fourth-order valence-corrected chi connectivity index (χ4v) is 1.95. The van der Waals surface area contributed by atoms with Gasteiger partial charge in [0.1, 0.15) is 12.4 Å². The van der Waals surface area contributed by atoms with Crippen molar-refractivity contribution in [2.45, 2.75) is 19.6 Å².